The van der Waals surface area contributed by atoms with Crippen LogP contribution < -0.4 is 0 Å². The van der Waals surface area contributed by atoms with Crippen molar-refractivity contribution in [3.63, 3.8) is 0 Å². The summed E-state index contributed by atoms with van der Waals surface area (Å²) in [5.41, 5.74) is 0.744. The summed E-state index contributed by atoms with van der Waals surface area (Å²) >= 11 is 1.33. The Labute approximate surface area is 129 Å². The van der Waals surface area contributed by atoms with Gasteiger partial charge < -0.3 is 9.84 Å². The van der Waals surface area contributed by atoms with E-state index in [1.165, 1.54) is 11.3 Å². The number of carboxylic acid groups (broad SMARTS) is 1. The molecule has 0 bridgehead atoms. The highest BCUT2D eigenvalue weighted by atomic mass is 32.1. The van der Waals surface area contributed by atoms with Crippen LogP contribution in [0.2, 0.25) is 0 Å². The van der Waals surface area contributed by atoms with Gasteiger partial charge in [0.1, 0.15) is 4.88 Å². The third kappa shape index (κ3) is 4.49. The number of carbonyl (C=O) groups is 1. The Morgan fingerprint density at radius 1 is 1.38 bits per heavy atom. The van der Waals surface area contributed by atoms with Gasteiger partial charge >= 0.3 is 5.97 Å². The van der Waals surface area contributed by atoms with Gasteiger partial charge in [0.05, 0.1) is 22.9 Å². The number of aromatic carboxylic acids is 1. The maximum atomic E-state index is 11.2. The van der Waals surface area contributed by atoms with Gasteiger partial charge in [-0.2, -0.15) is 0 Å². The number of aryl methyl sites for hydroxylation is 1. The summed E-state index contributed by atoms with van der Waals surface area (Å²) in [4.78, 5) is 18.6. The van der Waals surface area contributed by atoms with Gasteiger partial charge in [-0.15, -0.1) is 11.3 Å². The van der Waals surface area contributed by atoms with E-state index in [0.717, 1.165) is 49.6 Å². The highest BCUT2D eigenvalue weighted by molar-refractivity contribution is 7.13. The van der Waals surface area contributed by atoms with Crippen molar-refractivity contribution >= 4 is 17.3 Å². The maximum Gasteiger partial charge on any atom is 0.347 e. The van der Waals surface area contributed by atoms with Crippen LogP contribution in [0.5, 0.6) is 0 Å². The van der Waals surface area contributed by atoms with E-state index in [2.05, 4.69) is 23.7 Å². The Bertz CT molecular complexity index is 479. The van der Waals surface area contributed by atoms with Crippen LogP contribution in [0.15, 0.2) is 0 Å². The Morgan fingerprint density at radius 2 is 2.05 bits per heavy atom. The smallest absolute Gasteiger partial charge is 0.347 e. The van der Waals surface area contributed by atoms with E-state index >= 15 is 0 Å². The monoisotopic (exact) mass is 312 g/mol. The minimum absolute atomic E-state index is 0.260. The second-order valence-corrected chi connectivity index (χ2v) is 6.79. The van der Waals surface area contributed by atoms with E-state index < -0.39 is 5.97 Å². The van der Waals surface area contributed by atoms with Crippen molar-refractivity contribution in [2.24, 2.45) is 0 Å². The van der Waals surface area contributed by atoms with Crippen LogP contribution in [0.1, 0.15) is 47.6 Å². The van der Waals surface area contributed by atoms with E-state index in [1.54, 1.807) is 0 Å². The lowest BCUT2D eigenvalue weighted by Crippen LogP contribution is -2.46. The summed E-state index contributed by atoms with van der Waals surface area (Å²) in [5.74, 6) is -0.851. The van der Waals surface area contributed by atoms with E-state index in [-0.39, 0.29) is 12.2 Å². The fourth-order valence-corrected chi connectivity index (χ4v) is 3.74. The van der Waals surface area contributed by atoms with E-state index in [9.17, 15) is 9.90 Å². The normalized spacial score (nSPS) is 23.4. The molecule has 2 unspecified atom stereocenters. The molecule has 1 aromatic heterocycles. The summed E-state index contributed by atoms with van der Waals surface area (Å²) in [6.07, 6.45) is 2.99. The Balaban J connectivity index is 1.96. The number of morpholine rings is 1. The molecule has 1 aliphatic heterocycles. The summed E-state index contributed by atoms with van der Waals surface area (Å²) in [7, 11) is 0. The molecule has 0 radical (unpaired) electrons. The van der Waals surface area contributed by atoms with E-state index in [0.29, 0.717) is 4.88 Å². The lowest BCUT2D eigenvalue weighted by molar-refractivity contribution is -0.0675. The van der Waals surface area contributed by atoms with E-state index in [1.807, 2.05) is 6.92 Å². The van der Waals surface area contributed by atoms with Gasteiger partial charge in [-0.1, -0.05) is 13.3 Å². The molecule has 0 aromatic carbocycles. The highest BCUT2D eigenvalue weighted by Gasteiger charge is 2.23. The zero-order valence-corrected chi connectivity index (χ0v) is 13.8. The lowest BCUT2D eigenvalue weighted by atomic mass is 10.2. The molecule has 5 nitrogen and oxygen atoms in total. The predicted octanol–water partition coefficient (Wildman–Crippen LogP) is 2.45. The number of thiazole rings is 1. The van der Waals surface area contributed by atoms with Crippen molar-refractivity contribution in [1.82, 2.24) is 9.88 Å². The first kappa shape index (κ1) is 16.4. The minimum Gasteiger partial charge on any atom is -0.477 e. The molecule has 2 atom stereocenters. The summed E-state index contributed by atoms with van der Waals surface area (Å²) in [5, 5.41) is 10.2. The van der Waals surface area contributed by atoms with Crippen LogP contribution in [-0.2, 0) is 17.6 Å². The van der Waals surface area contributed by atoms with Crippen LogP contribution in [0, 0.1) is 0 Å². The first-order chi connectivity index (χ1) is 9.99. The topological polar surface area (TPSA) is 62.7 Å². The first-order valence-corrected chi connectivity index (χ1v) is 8.41. The molecule has 1 aromatic rings. The van der Waals surface area contributed by atoms with Crippen molar-refractivity contribution in [3.05, 3.63) is 15.6 Å². The van der Waals surface area contributed by atoms with Crippen LogP contribution in [-0.4, -0.2) is 52.8 Å². The zero-order chi connectivity index (χ0) is 15.4. The number of nitrogens with zero attached hydrogens (tertiary/aromatic N) is 2. The fraction of sp³-hybridized carbons (Fsp3) is 0.733. The van der Waals surface area contributed by atoms with E-state index in [4.69, 9.17) is 4.74 Å². The van der Waals surface area contributed by atoms with Crippen LogP contribution in [0.4, 0.5) is 0 Å². The van der Waals surface area contributed by atoms with Gasteiger partial charge in [-0.3, -0.25) is 4.90 Å². The summed E-state index contributed by atoms with van der Waals surface area (Å²) in [6.45, 7) is 9.01. The molecule has 0 spiro atoms. The van der Waals surface area contributed by atoms with Gasteiger partial charge in [-0.05, 0) is 20.3 Å². The van der Waals surface area contributed by atoms with Crippen molar-refractivity contribution in [1.29, 1.82) is 0 Å². The molecule has 0 amide bonds. The molecule has 1 fully saturated rings. The molecule has 6 heteroatoms. The maximum absolute atomic E-state index is 11.2. The van der Waals surface area contributed by atoms with Crippen molar-refractivity contribution in [2.75, 3.05) is 19.6 Å². The predicted molar refractivity (Wildman–Crippen MR) is 83.2 cm³/mol. The number of carboxylic acids is 1. The minimum atomic E-state index is -0.851. The van der Waals surface area contributed by atoms with Crippen molar-refractivity contribution < 1.29 is 14.6 Å². The largest absolute Gasteiger partial charge is 0.477 e. The van der Waals surface area contributed by atoms with Crippen molar-refractivity contribution in [2.45, 2.75) is 52.2 Å². The molecule has 118 valence electrons. The Morgan fingerprint density at radius 3 is 2.62 bits per heavy atom. The number of rotatable bonds is 6. The second-order valence-electron chi connectivity index (χ2n) is 5.71. The molecule has 1 saturated heterocycles. The average Bonchev–Trinajstić information content (AvgIpc) is 2.79. The molecule has 2 heterocycles. The Hall–Kier alpha value is -0.980. The Kier molecular flexibility index (Phi) is 5.72. The molecule has 1 N–H and O–H groups in total. The summed E-state index contributed by atoms with van der Waals surface area (Å²) in [6, 6.07) is 0. The van der Waals surface area contributed by atoms with Crippen LogP contribution >= 0.6 is 11.3 Å². The van der Waals surface area contributed by atoms with Crippen LogP contribution in [0.3, 0.4) is 0 Å². The third-order valence-electron chi connectivity index (χ3n) is 3.56. The standard InChI is InChI=1S/C15H24N2O3S/c1-4-5-12-14(15(18)19)21-13(16-12)6-7-17-8-10(2)20-11(3)9-17/h10-11H,4-9H2,1-3H3,(H,18,19). The number of hydrogen-bond acceptors (Lipinski definition) is 5. The van der Waals surface area contributed by atoms with Gasteiger partial charge in [0.15, 0.2) is 0 Å². The molecular weight excluding hydrogens is 288 g/mol. The van der Waals surface area contributed by atoms with Gasteiger partial charge in [-0.25, -0.2) is 9.78 Å². The zero-order valence-electron chi connectivity index (χ0n) is 13.0. The van der Waals surface area contributed by atoms with Crippen molar-refractivity contribution in [3.8, 4) is 0 Å². The average molecular weight is 312 g/mol. The molecule has 2 rings (SSSR count). The molecule has 0 aliphatic carbocycles. The SMILES string of the molecule is CCCc1nc(CCN2CC(C)OC(C)C2)sc1C(=O)O. The quantitative estimate of drug-likeness (QED) is 0.874. The van der Waals surface area contributed by atoms with Crippen LogP contribution in [0.25, 0.3) is 0 Å². The van der Waals surface area contributed by atoms with Gasteiger partial charge in [0, 0.05) is 26.1 Å². The third-order valence-corrected chi connectivity index (χ3v) is 4.71. The van der Waals surface area contributed by atoms with Gasteiger partial charge in [0.2, 0.25) is 0 Å². The molecule has 1 aliphatic rings. The first-order valence-electron chi connectivity index (χ1n) is 7.59. The number of aromatic nitrogens is 1. The second kappa shape index (κ2) is 7.33. The highest BCUT2D eigenvalue weighted by Crippen LogP contribution is 2.21. The lowest BCUT2D eigenvalue weighted by Gasteiger charge is -2.35. The van der Waals surface area contributed by atoms with Gasteiger partial charge in [0.25, 0.3) is 0 Å². The molecule has 0 saturated carbocycles. The molecular formula is C15H24N2O3S. The fourth-order valence-electron chi connectivity index (χ4n) is 2.80. The summed E-state index contributed by atoms with van der Waals surface area (Å²) < 4.78 is 5.72. The number of hydrogen-bond donors (Lipinski definition) is 1. The number of ether oxygens (including phenoxy) is 1. The molecule has 21 heavy (non-hydrogen) atoms.